The molecular formula is C17H31N3O2. The Hall–Kier alpha value is -1.07. The largest absolute Gasteiger partial charge is 0.379 e. The zero-order chi connectivity index (χ0) is 15.6. The summed E-state index contributed by atoms with van der Waals surface area (Å²) in [5, 5.41) is 2.96. The fourth-order valence-corrected chi connectivity index (χ4v) is 3.18. The third-order valence-corrected chi connectivity index (χ3v) is 4.48. The van der Waals surface area contributed by atoms with Crippen LogP contribution < -0.4 is 5.32 Å². The van der Waals surface area contributed by atoms with E-state index in [0.29, 0.717) is 12.5 Å². The third-order valence-electron chi connectivity index (χ3n) is 4.48. The van der Waals surface area contributed by atoms with Crippen molar-refractivity contribution in [3.8, 4) is 0 Å². The Kier molecular flexibility index (Phi) is 7.74. The predicted octanol–water partition coefficient (Wildman–Crippen LogP) is 2.10. The van der Waals surface area contributed by atoms with Crippen LogP contribution in [0.1, 0.15) is 32.6 Å². The van der Waals surface area contributed by atoms with E-state index in [2.05, 4.69) is 22.4 Å². The molecule has 1 saturated heterocycles. The normalized spacial score (nSPS) is 22.5. The zero-order valence-corrected chi connectivity index (χ0v) is 13.9. The van der Waals surface area contributed by atoms with Gasteiger partial charge in [0, 0.05) is 39.3 Å². The number of allylic oxidation sites excluding steroid dienone is 2. The van der Waals surface area contributed by atoms with E-state index >= 15 is 0 Å². The first-order valence-corrected chi connectivity index (χ1v) is 8.77. The fraction of sp³-hybridized carbons (Fsp3) is 0.824. The molecule has 22 heavy (non-hydrogen) atoms. The van der Waals surface area contributed by atoms with Crippen molar-refractivity contribution in [3.05, 3.63) is 12.2 Å². The lowest BCUT2D eigenvalue weighted by atomic mass is 9.94. The average molecular weight is 309 g/mol. The number of nitrogens with zero attached hydrogens (tertiary/aromatic N) is 2. The van der Waals surface area contributed by atoms with Crippen molar-refractivity contribution >= 4 is 6.03 Å². The van der Waals surface area contributed by atoms with Crippen LogP contribution in [-0.2, 0) is 4.74 Å². The minimum atomic E-state index is 0.0963. The molecule has 0 aromatic heterocycles. The van der Waals surface area contributed by atoms with Crippen molar-refractivity contribution < 1.29 is 9.53 Å². The Morgan fingerprint density at radius 2 is 2.18 bits per heavy atom. The van der Waals surface area contributed by atoms with Gasteiger partial charge in [-0.2, -0.15) is 0 Å². The molecule has 5 heteroatoms. The maximum Gasteiger partial charge on any atom is 0.317 e. The number of rotatable bonds is 7. The fourth-order valence-electron chi connectivity index (χ4n) is 3.18. The molecular weight excluding hydrogens is 278 g/mol. The SMILES string of the molecule is CCNC(=O)N(CCCN1CCOCC1)C[C@H]1CC=CCC1. The summed E-state index contributed by atoms with van der Waals surface area (Å²) in [6, 6.07) is 0.0963. The number of amides is 2. The molecule has 0 spiro atoms. The molecule has 5 nitrogen and oxygen atoms in total. The van der Waals surface area contributed by atoms with E-state index in [9.17, 15) is 4.79 Å². The molecule has 2 amide bonds. The third kappa shape index (κ3) is 5.97. The summed E-state index contributed by atoms with van der Waals surface area (Å²) >= 11 is 0. The number of urea groups is 1. The molecule has 0 aromatic rings. The van der Waals surface area contributed by atoms with Crippen LogP contribution >= 0.6 is 0 Å². The first-order chi connectivity index (χ1) is 10.8. The Morgan fingerprint density at radius 1 is 1.36 bits per heavy atom. The van der Waals surface area contributed by atoms with Crippen molar-refractivity contribution in [1.82, 2.24) is 15.1 Å². The lowest BCUT2D eigenvalue weighted by molar-refractivity contribution is 0.0363. The van der Waals surface area contributed by atoms with Gasteiger partial charge in [-0.05, 0) is 38.5 Å². The van der Waals surface area contributed by atoms with E-state index in [-0.39, 0.29) is 6.03 Å². The number of carbonyl (C=O) groups excluding carboxylic acids is 1. The number of hydrogen-bond donors (Lipinski definition) is 1. The highest BCUT2D eigenvalue weighted by atomic mass is 16.5. The van der Waals surface area contributed by atoms with Gasteiger partial charge in [-0.3, -0.25) is 4.90 Å². The van der Waals surface area contributed by atoms with E-state index in [4.69, 9.17) is 4.74 Å². The summed E-state index contributed by atoms with van der Waals surface area (Å²) in [5.41, 5.74) is 0. The molecule has 1 aliphatic heterocycles. The van der Waals surface area contributed by atoms with Crippen LogP contribution in [0, 0.1) is 5.92 Å². The highest BCUT2D eigenvalue weighted by Crippen LogP contribution is 2.19. The molecule has 1 heterocycles. The molecule has 0 bridgehead atoms. The van der Waals surface area contributed by atoms with Crippen molar-refractivity contribution in [3.63, 3.8) is 0 Å². The van der Waals surface area contributed by atoms with Gasteiger partial charge in [-0.25, -0.2) is 4.79 Å². The monoisotopic (exact) mass is 309 g/mol. The molecule has 0 saturated carbocycles. The number of hydrogen-bond acceptors (Lipinski definition) is 3. The smallest absolute Gasteiger partial charge is 0.317 e. The maximum absolute atomic E-state index is 12.3. The zero-order valence-electron chi connectivity index (χ0n) is 13.9. The van der Waals surface area contributed by atoms with Gasteiger partial charge in [0.25, 0.3) is 0 Å². The number of ether oxygens (including phenoxy) is 1. The van der Waals surface area contributed by atoms with Gasteiger partial charge < -0.3 is 15.0 Å². The number of morpholine rings is 1. The maximum atomic E-state index is 12.3. The second-order valence-electron chi connectivity index (χ2n) is 6.24. The van der Waals surface area contributed by atoms with Gasteiger partial charge in [-0.1, -0.05) is 12.2 Å². The highest BCUT2D eigenvalue weighted by Gasteiger charge is 2.19. The molecule has 2 aliphatic rings. The van der Waals surface area contributed by atoms with Crippen molar-refractivity contribution in [2.45, 2.75) is 32.6 Å². The molecule has 1 fully saturated rings. The average Bonchev–Trinajstić information content (AvgIpc) is 2.56. The topological polar surface area (TPSA) is 44.8 Å². The second-order valence-corrected chi connectivity index (χ2v) is 6.24. The van der Waals surface area contributed by atoms with Crippen molar-refractivity contribution in [1.29, 1.82) is 0 Å². The Morgan fingerprint density at radius 3 is 2.86 bits per heavy atom. The van der Waals surface area contributed by atoms with Crippen molar-refractivity contribution in [2.24, 2.45) is 5.92 Å². The van der Waals surface area contributed by atoms with Crippen LogP contribution in [0.4, 0.5) is 4.79 Å². The van der Waals surface area contributed by atoms with Gasteiger partial charge in [0.05, 0.1) is 13.2 Å². The van der Waals surface area contributed by atoms with Crippen LogP contribution in [0.2, 0.25) is 0 Å². The summed E-state index contributed by atoms with van der Waals surface area (Å²) < 4.78 is 5.38. The predicted molar refractivity (Wildman–Crippen MR) is 89.0 cm³/mol. The lowest BCUT2D eigenvalue weighted by Crippen LogP contribution is -2.44. The molecule has 1 atom stereocenters. The van der Waals surface area contributed by atoms with E-state index in [1.54, 1.807) is 0 Å². The molecule has 0 aromatic carbocycles. The summed E-state index contributed by atoms with van der Waals surface area (Å²) in [5.74, 6) is 0.621. The number of nitrogens with one attached hydrogen (secondary N) is 1. The molecule has 0 unspecified atom stereocenters. The van der Waals surface area contributed by atoms with Gasteiger partial charge in [0.2, 0.25) is 0 Å². The standard InChI is InChI=1S/C17H31N3O2/c1-2-18-17(21)20(15-16-7-4-3-5-8-16)10-6-9-19-11-13-22-14-12-19/h3-4,16H,2,5-15H2,1H3,(H,18,21)/t16-/m0/s1. The minimum Gasteiger partial charge on any atom is -0.379 e. The van der Waals surface area contributed by atoms with E-state index in [1.807, 2.05) is 11.8 Å². The van der Waals surface area contributed by atoms with Gasteiger partial charge in [-0.15, -0.1) is 0 Å². The second kappa shape index (κ2) is 9.85. The van der Waals surface area contributed by atoms with E-state index < -0.39 is 0 Å². The molecule has 126 valence electrons. The Bertz CT molecular complexity index is 354. The van der Waals surface area contributed by atoms with Gasteiger partial charge >= 0.3 is 6.03 Å². The quantitative estimate of drug-likeness (QED) is 0.733. The minimum absolute atomic E-state index is 0.0963. The van der Waals surface area contributed by atoms with E-state index in [1.165, 1.54) is 6.42 Å². The Labute approximate surface area is 134 Å². The number of carbonyl (C=O) groups is 1. The summed E-state index contributed by atoms with van der Waals surface area (Å²) in [6.45, 7) is 9.20. The molecule has 2 rings (SSSR count). The summed E-state index contributed by atoms with van der Waals surface area (Å²) in [6.07, 6.45) is 9.03. The van der Waals surface area contributed by atoms with Crippen LogP contribution in [0.5, 0.6) is 0 Å². The molecule has 0 radical (unpaired) electrons. The van der Waals surface area contributed by atoms with Gasteiger partial charge in [0.15, 0.2) is 0 Å². The highest BCUT2D eigenvalue weighted by molar-refractivity contribution is 5.74. The van der Waals surface area contributed by atoms with Crippen LogP contribution in [0.15, 0.2) is 12.2 Å². The van der Waals surface area contributed by atoms with Gasteiger partial charge in [0.1, 0.15) is 0 Å². The van der Waals surface area contributed by atoms with Crippen LogP contribution in [-0.4, -0.2) is 68.3 Å². The lowest BCUT2D eigenvalue weighted by Gasteiger charge is -2.30. The van der Waals surface area contributed by atoms with Crippen LogP contribution in [0.3, 0.4) is 0 Å². The van der Waals surface area contributed by atoms with Crippen LogP contribution in [0.25, 0.3) is 0 Å². The Balaban J connectivity index is 1.75. The molecule has 1 N–H and O–H groups in total. The van der Waals surface area contributed by atoms with E-state index in [0.717, 1.165) is 65.2 Å². The summed E-state index contributed by atoms with van der Waals surface area (Å²) in [4.78, 5) is 16.7. The first-order valence-electron chi connectivity index (χ1n) is 8.77. The first kappa shape index (κ1) is 17.3. The van der Waals surface area contributed by atoms with Crippen molar-refractivity contribution in [2.75, 3.05) is 52.5 Å². The summed E-state index contributed by atoms with van der Waals surface area (Å²) in [7, 11) is 0. The molecule has 1 aliphatic carbocycles.